The van der Waals surface area contributed by atoms with Crippen LogP contribution >= 0.6 is 11.6 Å². The van der Waals surface area contributed by atoms with E-state index in [0.717, 1.165) is 29.7 Å². The lowest BCUT2D eigenvalue weighted by Gasteiger charge is -2.26. The van der Waals surface area contributed by atoms with Crippen molar-refractivity contribution in [2.45, 2.75) is 25.3 Å². The Balaban J connectivity index is 2.04. The molecule has 5 nitrogen and oxygen atoms in total. The number of aromatic nitrogens is 3. The third-order valence-electron chi connectivity index (χ3n) is 3.49. The molecule has 0 radical (unpaired) electrons. The Kier molecular flexibility index (Phi) is 3.38. The van der Waals surface area contributed by atoms with Gasteiger partial charge in [0.25, 0.3) is 0 Å². The number of piperidine rings is 1. The smallest absolute Gasteiger partial charge is 0.220 e. The number of fused-ring (bicyclic) bond motifs is 1. The van der Waals surface area contributed by atoms with Gasteiger partial charge in [0, 0.05) is 31.5 Å². The predicted molar refractivity (Wildman–Crippen MR) is 73.2 cm³/mol. The number of rotatable bonds is 3. The monoisotopic (exact) mass is 278 g/mol. The summed E-state index contributed by atoms with van der Waals surface area (Å²) in [6, 6.07) is 2.22. The molecule has 1 fully saturated rings. The van der Waals surface area contributed by atoms with Crippen LogP contribution in [0.15, 0.2) is 18.5 Å². The van der Waals surface area contributed by atoms with E-state index in [1.54, 1.807) is 12.4 Å². The molecule has 0 aromatic carbocycles. The fourth-order valence-electron chi connectivity index (χ4n) is 2.61. The molecular formula is C13H15ClN4O. The van der Waals surface area contributed by atoms with Crippen molar-refractivity contribution in [2.75, 3.05) is 12.4 Å². The maximum Gasteiger partial charge on any atom is 0.220 e. The van der Waals surface area contributed by atoms with Crippen molar-refractivity contribution in [3.8, 4) is 0 Å². The molecule has 2 aromatic heterocycles. The molecule has 1 unspecified atom stereocenters. The third-order valence-corrected chi connectivity index (χ3v) is 3.68. The van der Waals surface area contributed by atoms with Crippen LogP contribution in [0.2, 0.25) is 0 Å². The minimum atomic E-state index is 0.126. The molecule has 19 heavy (non-hydrogen) atoms. The molecule has 1 amide bonds. The lowest BCUT2D eigenvalue weighted by atomic mass is 10.1. The van der Waals surface area contributed by atoms with Crippen LogP contribution < -0.4 is 5.32 Å². The molecule has 1 aliphatic rings. The largest absolute Gasteiger partial charge is 0.354 e. The highest BCUT2D eigenvalue weighted by Crippen LogP contribution is 2.25. The Labute approximate surface area is 116 Å². The van der Waals surface area contributed by atoms with Gasteiger partial charge in [0.2, 0.25) is 5.91 Å². The number of pyridine rings is 1. The first-order chi connectivity index (χ1) is 9.29. The first-order valence-corrected chi connectivity index (χ1v) is 6.96. The predicted octanol–water partition coefficient (Wildman–Crippen LogP) is 1.66. The highest BCUT2D eigenvalue weighted by atomic mass is 35.5. The van der Waals surface area contributed by atoms with E-state index >= 15 is 0 Å². The fraction of sp³-hybridized carbons (Fsp3) is 0.462. The number of hydrogen-bond acceptors (Lipinski definition) is 3. The molecular weight excluding hydrogens is 264 g/mol. The number of alkyl halides is 1. The van der Waals surface area contributed by atoms with E-state index in [0.29, 0.717) is 18.8 Å². The van der Waals surface area contributed by atoms with Crippen LogP contribution in [-0.2, 0) is 11.2 Å². The normalized spacial score (nSPS) is 19.6. The SMILES string of the molecule is O=C1CCC(n2c(CCCl)nc3cnccc32)CN1. The number of nitrogens with zero attached hydrogens (tertiary/aromatic N) is 3. The first kappa shape index (κ1) is 12.4. The van der Waals surface area contributed by atoms with Gasteiger partial charge in [-0.15, -0.1) is 11.6 Å². The molecule has 1 saturated heterocycles. The van der Waals surface area contributed by atoms with Crippen LogP contribution in [0.5, 0.6) is 0 Å². The maximum absolute atomic E-state index is 11.3. The van der Waals surface area contributed by atoms with E-state index in [4.69, 9.17) is 11.6 Å². The van der Waals surface area contributed by atoms with Gasteiger partial charge < -0.3 is 9.88 Å². The topological polar surface area (TPSA) is 59.8 Å². The Bertz CT molecular complexity index is 600. The number of halogens is 1. The van der Waals surface area contributed by atoms with Gasteiger partial charge in [-0.2, -0.15) is 0 Å². The summed E-state index contributed by atoms with van der Waals surface area (Å²) in [5.74, 6) is 1.64. The molecule has 1 N–H and O–H groups in total. The standard InChI is InChI=1S/C13H15ClN4O/c14-5-3-12-17-10-8-15-6-4-11(10)18(12)9-1-2-13(19)16-7-9/h4,6,8-9H,1-3,5,7H2,(H,16,19). The maximum atomic E-state index is 11.3. The lowest BCUT2D eigenvalue weighted by Crippen LogP contribution is -2.36. The van der Waals surface area contributed by atoms with E-state index in [-0.39, 0.29) is 11.9 Å². The highest BCUT2D eigenvalue weighted by molar-refractivity contribution is 6.17. The van der Waals surface area contributed by atoms with Gasteiger partial charge in [-0.1, -0.05) is 0 Å². The molecule has 1 atom stereocenters. The number of nitrogens with one attached hydrogen (secondary N) is 1. The summed E-state index contributed by atoms with van der Waals surface area (Å²) in [5, 5.41) is 2.92. The second kappa shape index (κ2) is 5.17. The van der Waals surface area contributed by atoms with E-state index < -0.39 is 0 Å². The fourth-order valence-corrected chi connectivity index (χ4v) is 2.78. The van der Waals surface area contributed by atoms with Gasteiger partial charge in [-0.3, -0.25) is 9.78 Å². The van der Waals surface area contributed by atoms with E-state index in [1.807, 2.05) is 6.07 Å². The Hall–Kier alpha value is -1.62. The summed E-state index contributed by atoms with van der Waals surface area (Å²) in [4.78, 5) is 20.0. The zero-order valence-electron chi connectivity index (χ0n) is 10.5. The number of carbonyl (C=O) groups is 1. The molecule has 3 heterocycles. The van der Waals surface area contributed by atoms with Crippen molar-refractivity contribution >= 4 is 28.5 Å². The van der Waals surface area contributed by atoms with Gasteiger partial charge in [-0.25, -0.2) is 4.98 Å². The second-order valence-corrected chi connectivity index (χ2v) is 5.08. The summed E-state index contributed by atoms with van der Waals surface area (Å²) in [5.41, 5.74) is 1.95. The molecule has 0 spiro atoms. The van der Waals surface area contributed by atoms with Crippen LogP contribution in [0, 0.1) is 0 Å². The van der Waals surface area contributed by atoms with Crippen LogP contribution in [0.25, 0.3) is 11.0 Å². The van der Waals surface area contributed by atoms with Gasteiger partial charge >= 0.3 is 0 Å². The zero-order chi connectivity index (χ0) is 13.2. The van der Waals surface area contributed by atoms with Crippen molar-refractivity contribution in [1.82, 2.24) is 19.9 Å². The number of hydrogen-bond donors (Lipinski definition) is 1. The number of amides is 1. The van der Waals surface area contributed by atoms with Crippen molar-refractivity contribution in [3.05, 3.63) is 24.3 Å². The molecule has 1 aliphatic heterocycles. The highest BCUT2D eigenvalue weighted by Gasteiger charge is 2.23. The number of carbonyl (C=O) groups excluding carboxylic acids is 1. The summed E-state index contributed by atoms with van der Waals surface area (Å²) in [6.45, 7) is 0.655. The lowest BCUT2D eigenvalue weighted by molar-refractivity contribution is -0.122. The second-order valence-electron chi connectivity index (χ2n) is 4.70. The molecule has 0 aliphatic carbocycles. The van der Waals surface area contributed by atoms with Crippen molar-refractivity contribution in [3.63, 3.8) is 0 Å². The molecule has 100 valence electrons. The average Bonchev–Trinajstić information content (AvgIpc) is 2.78. The number of aryl methyl sites for hydroxylation is 1. The average molecular weight is 279 g/mol. The van der Waals surface area contributed by atoms with Crippen molar-refractivity contribution in [2.24, 2.45) is 0 Å². The van der Waals surface area contributed by atoms with Crippen molar-refractivity contribution in [1.29, 1.82) is 0 Å². The van der Waals surface area contributed by atoms with E-state index in [1.165, 1.54) is 0 Å². The van der Waals surface area contributed by atoms with Gasteiger partial charge in [0.15, 0.2) is 0 Å². The van der Waals surface area contributed by atoms with Gasteiger partial charge in [-0.05, 0) is 12.5 Å². The summed E-state index contributed by atoms with van der Waals surface area (Å²) in [6.07, 6.45) is 5.67. The summed E-state index contributed by atoms with van der Waals surface area (Å²) in [7, 11) is 0. The van der Waals surface area contributed by atoms with Crippen LogP contribution in [0.1, 0.15) is 24.7 Å². The quantitative estimate of drug-likeness (QED) is 0.869. The van der Waals surface area contributed by atoms with E-state index in [9.17, 15) is 4.79 Å². The van der Waals surface area contributed by atoms with Gasteiger partial charge in [0.05, 0.1) is 17.8 Å². The zero-order valence-corrected chi connectivity index (χ0v) is 11.2. The van der Waals surface area contributed by atoms with Gasteiger partial charge in [0.1, 0.15) is 11.3 Å². The molecule has 6 heteroatoms. The Morgan fingerprint density at radius 2 is 2.42 bits per heavy atom. The minimum absolute atomic E-state index is 0.126. The molecule has 3 rings (SSSR count). The van der Waals surface area contributed by atoms with Crippen LogP contribution in [-0.4, -0.2) is 32.9 Å². The Morgan fingerprint density at radius 1 is 1.53 bits per heavy atom. The minimum Gasteiger partial charge on any atom is -0.354 e. The van der Waals surface area contributed by atoms with Crippen molar-refractivity contribution < 1.29 is 4.79 Å². The summed E-state index contributed by atoms with van der Waals surface area (Å²) >= 11 is 5.86. The Morgan fingerprint density at radius 3 is 3.16 bits per heavy atom. The molecule has 2 aromatic rings. The van der Waals surface area contributed by atoms with Crippen LogP contribution in [0.3, 0.4) is 0 Å². The van der Waals surface area contributed by atoms with Crippen LogP contribution in [0.4, 0.5) is 0 Å². The molecule has 0 saturated carbocycles. The first-order valence-electron chi connectivity index (χ1n) is 6.43. The third kappa shape index (κ3) is 2.30. The summed E-state index contributed by atoms with van der Waals surface area (Å²) < 4.78 is 2.21. The van der Waals surface area contributed by atoms with E-state index in [2.05, 4.69) is 19.9 Å². The molecule has 0 bridgehead atoms. The number of imidazole rings is 1.